The fourth-order valence-electron chi connectivity index (χ4n) is 2.39. The van der Waals surface area contributed by atoms with Crippen LogP contribution in [0, 0.1) is 0 Å². The lowest BCUT2D eigenvalue weighted by atomic mass is 10.1. The normalized spacial score (nSPS) is 21.4. The zero-order chi connectivity index (χ0) is 17.3. The summed E-state index contributed by atoms with van der Waals surface area (Å²) >= 11 is 0. The molecule has 1 aromatic heterocycles. The molecule has 0 saturated carbocycles. The molecule has 6 N–H and O–H groups in total. The molecule has 1 aliphatic rings. The first-order valence-corrected chi connectivity index (χ1v) is 7.09. The number of rotatable bonds is 5. The van der Waals surface area contributed by atoms with Gasteiger partial charge < -0.3 is 25.3 Å². The third-order valence-corrected chi connectivity index (χ3v) is 3.91. The second kappa shape index (κ2) is 6.62. The summed E-state index contributed by atoms with van der Waals surface area (Å²) in [5.74, 6) is 0.126. The van der Waals surface area contributed by atoms with Gasteiger partial charge in [0.1, 0.15) is 24.1 Å². The second-order valence-corrected chi connectivity index (χ2v) is 5.49. The largest absolute Gasteiger partial charge is 0.394 e. The Balaban J connectivity index is 2.38. The topological polar surface area (TPSA) is 162 Å². The first-order valence-electron chi connectivity index (χ1n) is 7.09. The van der Waals surface area contributed by atoms with E-state index in [9.17, 15) is 24.9 Å². The lowest BCUT2D eigenvalue weighted by Crippen LogP contribution is -2.51. The molecule has 0 aliphatic carbocycles. The summed E-state index contributed by atoms with van der Waals surface area (Å²) in [7, 11) is 0. The highest BCUT2D eigenvalue weighted by atomic mass is 16.4. The number of fused-ring (bicyclic) bond motifs is 1. The van der Waals surface area contributed by atoms with Gasteiger partial charge in [-0.05, 0) is 13.8 Å². The Bertz CT molecular complexity index is 711. The molecule has 2 rings (SSSR count). The van der Waals surface area contributed by atoms with E-state index >= 15 is 0 Å². The first kappa shape index (κ1) is 17.3. The molecule has 128 valence electrons. The van der Waals surface area contributed by atoms with Crippen LogP contribution in [-0.4, -0.2) is 73.6 Å². The van der Waals surface area contributed by atoms with Crippen molar-refractivity contribution in [3.63, 3.8) is 0 Å². The molecule has 4 atom stereocenters. The predicted molar refractivity (Wildman–Crippen MR) is 82.4 cm³/mol. The van der Waals surface area contributed by atoms with Crippen molar-refractivity contribution in [2.45, 2.75) is 38.2 Å². The number of aliphatic hydroxyl groups excluding tert-OH is 4. The molecule has 1 aromatic rings. The second-order valence-electron chi connectivity index (χ2n) is 5.49. The van der Waals surface area contributed by atoms with E-state index in [2.05, 4.69) is 15.0 Å². The Morgan fingerprint density at radius 1 is 1.22 bits per heavy atom. The van der Waals surface area contributed by atoms with E-state index in [1.807, 2.05) is 0 Å². The molecule has 0 aromatic carbocycles. The Hall–Kier alpha value is -2.01. The number of nitrogens with one attached hydrogen (secondary N) is 2. The molecule has 10 nitrogen and oxygen atoms in total. The molecule has 1 aliphatic heterocycles. The van der Waals surface area contributed by atoms with Gasteiger partial charge in [-0.25, -0.2) is 9.79 Å². The Morgan fingerprint density at radius 3 is 2.48 bits per heavy atom. The summed E-state index contributed by atoms with van der Waals surface area (Å²) in [5, 5.41) is 38.1. The summed E-state index contributed by atoms with van der Waals surface area (Å²) < 4.78 is 0. The molecule has 10 heteroatoms. The minimum absolute atomic E-state index is 0.00426. The lowest BCUT2D eigenvalue weighted by molar-refractivity contribution is -0.0733. The monoisotopic (exact) mass is 328 g/mol. The maximum Gasteiger partial charge on any atom is 0.327 e. The van der Waals surface area contributed by atoms with Gasteiger partial charge in [0, 0.05) is 12.3 Å². The molecule has 0 amide bonds. The van der Waals surface area contributed by atoms with Crippen LogP contribution in [0.3, 0.4) is 0 Å². The molecule has 0 bridgehead atoms. The molecular formula is C13H20N4O6. The van der Waals surface area contributed by atoms with Crippen molar-refractivity contribution in [1.29, 1.82) is 0 Å². The number of H-pyrrole nitrogens is 2. The van der Waals surface area contributed by atoms with E-state index < -0.39 is 36.2 Å². The van der Waals surface area contributed by atoms with E-state index in [1.165, 1.54) is 4.90 Å². The zero-order valence-corrected chi connectivity index (χ0v) is 12.7. The summed E-state index contributed by atoms with van der Waals surface area (Å²) in [6.07, 6.45) is -4.50. The fourth-order valence-corrected chi connectivity index (χ4v) is 2.39. The van der Waals surface area contributed by atoms with Crippen LogP contribution in [0.1, 0.15) is 13.8 Å². The van der Waals surface area contributed by atoms with Gasteiger partial charge in [0.15, 0.2) is 5.69 Å². The number of anilines is 1. The van der Waals surface area contributed by atoms with Gasteiger partial charge in [0.05, 0.1) is 12.6 Å². The summed E-state index contributed by atoms with van der Waals surface area (Å²) in [6, 6.07) is -0.354. The summed E-state index contributed by atoms with van der Waals surface area (Å²) in [4.78, 5) is 33.5. The van der Waals surface area contributed by atoms with Crippen LogP contribution < -0.4 is 16.1 Å². The van der Waals surface area contributed by atoms with E-state index in [-0.39, 0.29) is 24.1 Å². The standard InChI is InChI=1S/C13H20N4O6/c1-5-6(2)17(3-7(19)10(21)8(20)4-18)11-9(14-5)12(22)16-13(23)15-11/h6-8,10,18-21H,3-4H2,1-2H3,(H2,15,16,22,23). The van der Waals surface area contributed by atoms with Crippen molar-refractivity contribution in [3.8, 4) is 0 Å². The number of aliphatic hydroxyl groups is 4. The maximum atomic E-state index is 11.9. The summed E-state index contributed by atoms with van der Waals surface area (Å²) in [5.41, 5.74) is -0.791. The van der Waals surface area contributed by atoms with Crippen LogP contribution in [0.15, 0.2) is 14.6 Å². The molecule has 4 unspecified atom stereocenters. The molecule has 23 heavy (non-hydrogen) atoms. The fraction of sp³-hybridized carbons (Fsp3) is 0.615. The number of hydrogen-bond donors (Lipinski definition) is 6. The summed E-state index contributed by atoms with van der Waals surface area (Å²) in [6.45, 7) is 2.55. The van der Waals surface area contributed by atoms with Gasteiger partial charge in [-0.2, -0.15) is 0 Å². The van der Waals surface area contributed by atoms with E-state index in [1.54, 1.807) is 13.8 Å². The molecule has 0 fully saturated rings. The zero-order valence-electron chi connectivity index (χ0n) is 12.7. The number of aromatic nitrogens is 2. The van der Waals surface area contributed by atoms with Crippen LogP contribution in [0.5, 0.6) is 0 Å². The molecular weight excluding hydrogens is 308 g/mol. The van der Waals surface area contributed by atoms with Crippen LogP contribution in [0.25, 0.3) is 0 Å². The first-order chi connectivity index (χ1) is 10.8. The van der Waals surface area contributed by atoms with Gasteiger partial charge in [-0.15, -0.1) is 0 Å². The van der Waals surface area contributed by atoms with E-state index in [0.29, 0.717) is 5.71 Å². The SMILES string of the molecule is CC1=Nc2c([nH]c(=O)[nH]c2=O)N(CC(O)C(O)C(O)CO)C1C. The highest BCUT2D eigenvalue weighted by Gasteiger charge is 2.32. The van der Waals surface area contributed by atoms with Crippen molar-refractivity contribution in [3.05, 3.63) is 20.8 Å². The van der Waals surface area contributed by atoms with Gasteiger partial charge in [0.2, 0.25) is 0 Å². The van der Waals surface area contributed by atoms with Gasteiger partial charge in [-0.3, -0.25) is 14.8 Å². The van der Waals surface area contributed by atoms with Gasteiger partial charge >= 0.3 is 5.69 Å². The number of aromatic amines is 2. The van der Waals surface area contributed by atoms with Gasteiger partial charge in [0.25, 0.3) is 5.56 Å². The highest BCUT2D eigenvalue weighted by molar-refractivity contribution is 5.95. The van der Waals surface area contributed by atoms with Crippen LogP contribution in [0.2, 0.25) is 0 Å². The number of aliphatic imine (C=N–C) groups is 1. The minimum atomic E-state index is -1.58. The van der Waals surface area contributed by atoms with E-state index in [4.69, 9.17) is 5.11 Å². The molecule has 0 radical (unpaired) electrons. The minimum Gasteiger partial charge on any atom is -0.394 e. The number of nitrogens with zero attached hydrogens (tertiary/aromatic N) is 2. The molecule has 2 heterocycles. The molecule has 0 saturated heterocycles. The van der Waals surface area contributed by atoms with Crippen molar-refractivity contribution in [1.82, 2.24) is 9.97 Å². The Morgan fingerprint density at radius 2 is 1.87 bits per heavy atom. The Labute approximate surface area is 130 Å². The average Bonchev–Trinajstić information content (AvgIpc) is 2.51. The van der Waals surface area contributed by atoms with Gasteiger partial charge in [-0.1, -0.05) is 0 Å². The van der Waals surface area contributed by atoms with Crippen molar-refractivity contribution < 1.29 is 20.4 Å². The quantitative estimate of drug-likeness (QED) is 0.346. The smallest absolute Gasteiger partial charge is 0.327 e. The molecule has 0 spiro atoms. The maximum absolute atomic E-state index is 11.9. The lowest BCUT2D eigenvalue weighted by Gasteiger charge is -2.36. The van der Waals surface area contributed by atoms with Crippen LogP contribution in [0.4, 0.5) is 11.5 Å². The average molecular weight is 328 g/mol. The third-order valence-electron chi connectivity index (χ3n) is 3.91. The number of β-amino-alcohol motifs (C(OH)–C–C–N with tert-alkyl or cyclic N) is 1. The third kappa shape index (κ3) is 3.34. The van der Waals surface area contributed by atoms with Crippen molar-refractivity contribution in [2.24, 2.45) is 4.99 Å². The van der Waals surface area contributed by atoms with Crippen LogP contribution in [-0.2, 0) is 0 Å². The van der Waals surface area contributed by atoms with Crippen molar-refractivity contribution >= 4 is 17.2 Å². The van der Waals surface area contributed by atoms with Crippen LogP contribution >= 0.6 is 0 Å². The highest BCUT2D eigenvalue weighted by Crippen LogP contribution is 2.28. The van der Waals surface area contributed by atoms with E-state index in [0.717, 1.165) is 0 Å². The van der Waals surface area contributed by atoms with Crippen molar-refractivity contribution in [2.75, 3.05) is 18.1 Å². The Kier molecular flexibility index (Phi) is 5.00. The predicted octanol–water partition coefficient (Wildman–Crippen LogP) is -2.56. The number of hydrogen-bond acceptors (Lipinski definition) is 8.